The lowest BCUT2D eigenvalue weighted by molar-refractivity contribution is 0.272. The monoisotopic (exact) mass is 467 g/mol. The molecule has 0 radical (unpaired) electrons. The molecule has 1 fully saturated rings. The Labute approximate surface area is 195 Å². The SMILES string of the molecule is CN1NN=C(c2cc(-c3ccc(CN4CCCC4)cc3)cnc2N)N1c1c(F)ccc(F)c1F. The Kier molecular flexibility index (Phi) is 5.84. The quantitative estimate of drug-likeness (QED) is 0.555. The van der Waals surface area contributed by atoms with Crippen molar-refractivity contribution in [2.45, 2.75) is 19.4 Å². The summed E-state index contributed by atoms with van der Waals surface area (Å²) in [5.41, 5.74) is 11.4. The fraction of sp³-hybridized carbons (Fsp3) is 0.250. The minimum atomic E-state index is -1.33. The van der Waals surface area contributed by atoms with Crippen LogP contribution in [0.3, 0.4) is 0 Å². The summed E-state index contributed by atoms with van der Waals surface area (Å²) in [6.07, 6.45) is 4.12. The Morgan fingerprint density at radius 2 is 1.68 bits per heavy atom. The second-order valence-corrected chi connectivity index (χ2v) is 8.40. The first-order valence-electron chi connectivity index (χ1n) is 11.0. The van der Waals surface area contributed by atoms with Gasteiger partial charge in [-0.2, -0.15) is 0 Å². The van der Waals surface area contributed by atoms with Crippen LogP contribution in [-0.4, -0.2) is 41.0 Å². The van der Waals surface area contributed by atoms with Gasteiger partial charge in [-0.05, 0) is 55.3 Å². The van der Waals surface area contributed by atoms with Crippen LogP contribution >= 0.6 is 0 Å². The summed E-state index contributed by atoms with van der Waals surface area (Å²) in [4.78, 5) is 6.70. The van der Waals surface area contributed by atoms with Gasteiger partial charge < -0.3 is 5.73 Å². The lowest BCUT2D eigenvalue weighted by Gasteiger charge is -2.27. The van der Waals surface area contributed by atoms with E-state index in [0.717, 1.165) is 47.9 Å². The number of aromatic nitrogens is 1. The largest absolute Gasteiger partial charge is 0.383 e. The first-order valence-corrected chi connectivity index (χ1v) is 11.0. The Morgan fingerprint density at radius 1 is 0.971 bits per heavy atom. The average Bonchev–Trinajstić information content (AvgIpc) is 3.48. The molecule has 1 aromatic heterocycles. The summed E-state index contributed by atoms with van der Waals surface area (Å²) in [6.45, 7) is 3.17. The normalized spacial score (nSPS) is 16.7. The third kappa shape index (κ3) is 4.06. The van der Waals surface area contributed by atoms with Gasteiger partial charge in [-0.15, -0.1) is 10.2 Å². The van der Waals surface area contributed by atoms with Crippen molar-refractivity contribution in [2.75, 3.05) is 30.9 Å². The Balaban J connectivity index is 1.47. The molecule has 0 aliphatic carbocycles. The molecule has 176 valence electrons. The van der Waals surface area contributed by atoms with E-state index in [-0.39, 0.29) is 11.7 Å². The third-order valence-electron chi connectivity index (χ3n) is 6.08. The number of halogens is 3. The highest BCUT2D eigenvalue weighted by atomic mass is 19.2. The van der Waals surface area contributed by atoms with Crippen molar-refractivity contribution < 1.29 is 13.2 Å². The fourth-order valence-corrected chi connectivity index (χ4v) is 4.31. The van der Waals surface area contributed by atoms with E-state index in [1.54, 1.807) is 12.3 Å². The highest BCUT2D eigenvalue weighted by Gasteiger charge is 2.33. The second kappa shape index (κ2) is 8.96. The molecule has 1 saturated heterocycles. The van der Waals surface area contributed by atoms with Crippen molar-refractivity contribution in [1.29, 1.82) is 0 Å². The number of nitrogens with two attached hydrogens (primary N) is 1. The van der Waals surface area contributed by atoms with Gasteiger partial charge in [0.05, 0.1) is 5.56 Å². The first kappa shape index (κ1) is 22.2. The van der Waals surface area contributed by atoms with E-state index < -0.39 is 23.1 Å². The van der Waals surface area contributed by atoms with Crippen molar-refractivity contribution >= 4 is 17.3 Å². The van der Waals surface area contributed by atoms with Crippen LogP contribution in [-0.2, 0) is 6.54 Å². The van der Waals surface area contributed by atoms with Gasteiger partial charge in [0.25, 0.3) is 0 Å². The molecule has 10 heteroatoms. The second-order valence-electron chi connectivity index (χ2n) is 8.40. The third-order valence-corrected chi connectivity index (χ3v) is 6.08. The fourth-order valence-electron chi connectivity index (χ4n) is 4.31. The van der Waals surface area contributed by atoms with Gasteiger partial charge in [-0.3, -0.25) is 4.90 Å². The number of nitrogen functional groups attached to an aromatic ring is 1. The van der Waals surface area contributed by atoms with E-state index in [4.69, 9.17) is 5.73 Å². The number of likely N-dealkylation sites (tertiary alicyclic amines) is 1. The number of pyridine rings is 1. The number of benzene rings is 2. The van der Waals surface area contributed by atoms with Crippen LogP contribution in [0, 0.1) is 17.5 Å². The molecular weight excluding hydrogens is 443 g/mol. The average molecular weight is 467 g/mol. The molecule has 0 saturated carbocycles. The zero-order valence-corrected chi connectivity index (χ0v) is 18.6. The van der Waals surface area contributed by atoms with Crippen LogP contribution in [0.5, 0.6) is 0 Å². The number of hydrazine groups is 2. The smallest absolute Gasteiger partial charge is 0.187 e. The van der Waals surface area contributed by atoms with Crippen LogP contribution in [0.15, 0.2) is 53.8 Å². The van der Waals surface area contributed by atoms with Gasteiger partial charge in [0.15, 0.2) is 23.3 Å². The topological polar surface area (TPSA) is 73.0 Å². The molecule has 0 bridgehead atoms. The Bertz CT molecular complexity index is 1240. The minimum Gasteiger partial charge on any atom is -0.383 e. The molecule has 0 unspecified atom stereocenters. The maximum Gasteiger partial charge on any atom is 0.187 e. The number of hydrogen-bond donors (Lipinski definition) is 2. The maximum absolute atomic E-state index is 14.6. The lowest BCUT2D eigenvalue weighted by atomic mass is 10.0. The first-order chi connectivity index (χ1) is 16.4. The van der Waals surface area contributed by atoms with Gasteiger partial charge in [-0.1, -0.05) is 24.3 Å². The highest BCUT2D eigenvalue weighted by Crippen LogP contribution is 2.31. The van der Waals surface area contributed by atoms with E-state index in [1.807, 2.05) is 12.1 Å². The molecule has 5 rings (SSSR count). The molecule has 3 N–H and O–H groups in total. The van der Waals surface area contributed by atoms with Gasteiger partial charge >= 0.3 is 0 Å². The van der Waals surface area contributed by atoms with Crippen molar-refractivity contribution in [1.82, 2.24) is 20.5 Å². The van der Waals surface area contributed by atoms with E-state index in [0.29, 0.717) is 5.56 Å². The summed E-state index contributed by atoms with van der Waals surface area (Å²) in [5, 5.41) is 6.48. The zero-order chi connectivity index (χ0) is 23.8. The number of anilines is 2. The molecule has 34 heavy (non-hydrogen) atoms. The van der Waals surface area contributed by atoms with Crippen molar-refractivity contribution in [3.8, 4) is 11.1 Å². The summed E-state index contributed by atoms with van der Waals surface area (Å²) < 4.78 is 43.1. The standard InChI is InChI=1S/C24H24F3N7/c1-32-31-30-24(34(32)22-20(26)9-8-19(25)21(22)27)18-12-17(13-29-23(18)28)16-6-4-15(5-7-16)14-33-10-2-3-11-33/h4-9,12-13,31H,2-3,10-11,14H2,1H3,(H2,28,29). The number of hydrogen-bond acceptors (Lipinski definition) is 7. The molecule has 0 amide bonds. The van der Waals surface area contributed by atoms with Crippen LogP contribution in [0.25, 0.3) is 11.1 Å². The van der Waals surface area contributed by atoms with E-state index in [2.05, 4.69) is 32.7 Å². The molecule has 7 nitrogen and oxygen atoms in total. The van der Waals surface area contributed by atoms with E-state index >= 15 is 0 Å². The zero-order valence-electron chi connectivity index (χ0n) is 18.6. The van der Waals surface area contributed by atoms with Gasteiger partial charge in [0, 0.05) is 25.4 Å². The Hall–Kier alpha value is -3.63. The van der Waals surface area contributed by atoms with E-state index in [1.165, 1.54) is 30.6 Å². The number of hydrazone groups is 1. The van der Waals surface area contributed by atoms with Gasteiger partial charge in [0.1, 0.15) is 11.5 Å². The minimum absolute atomic E-state index is 0.0865. The summed E-state index contributed by atoms with van der Waals surface area (Å²) in [6, 6.07) is 11.5. The maximum atomic E-state index is 14.6. The van der Waals surface area contributed by atoms with E-state index in [9.17, 15) is 13.2 Å². The molecule has 3 heterocycles. The van der Waals surface area contributed by atoms with Gasteiger partial charge in [0.2, 0.25) is 0 Å². The van der Waals surface area contributed by atoms with Crippen molar-refractivity contribution in [3.63, 3.8) is 0 Å². The van der Waals surface area contributed by atoms with Gasteiger partial charge in [-0.25, -0.2) is 28.7 Å². The Morgan fingerprint density at radius 3 is 2.41 bits per heavy atom. The van der Waals surface area contributed by atoms with Crippen molar-refractivity contribution in [3.05, 3.63) is 77.2 Å². The van der Waals surface area contributed by atoms with Crippen LogP contribution < -0.4 is 16.3 Å². The molecule has 2 aliphatic heterocycles. The predicted octanol–water partition coefficient (Wildman–Crippen LogP) is 3.88. The van der Waals surface area contributed by atoms with Crippen LogP contribution in [0.4, 0.5) is 24.7 Å². The molecule has 2 aliphatic rings. The molecular formula is C24H24F3N7. The number of nitrogens with zero attached hydrogens (tertiary/aromatic N) is 5. The van der Waals surface area contributed by atoms with Crippen LogP contribution in [0.1, 0.15) is 24.0 Å². The molecule has 0 spiro atoms. The predicted molar refractivity (Wildman–Crippen MR) is 125 cm³/mol. The van der Waals surface area contributed by atoms with Crippen molar-refractivity contribution in [2.24, 2.45) is 5.10 Å². The highest BCUT2D eigenvalue weighted by molar-refractivity contribution is 6.13. The summed E-state index contributed by atoms with van der Waals surface area (Å²) >= 11 is 0. The number of amidine groups is 1. The number of nitrogens with one attached hydrogen (secondary N) is 1. The molecule has 3 aromatic rings. The number of rotatable bonds is 5. The summed E-state index contributed by atoms with van der Waals surface area (Å²) in [5.74, 6) is -3.25. The van der Waals surface area contributed by atoms with Crippen LogP contribution in [0.2, 0.25) is 0 Å². The lowest BCUT2D eigenvalue weighted by Crippen LogP contribution is -2.44. The molecule has 2 aromatic carbocycles. The summed E-state index contributed by atoms with van der Waals surface area (Å²) in [7, 11) is 1.49. The molecule has 0 atom stereocenters.